The molecule has 1 aromatic rings. The fourth-order valence-corrected chi connectivity index (χ4v) is 1.80. The molecule has 1 atom stereocenters. The topological polar surface area (TPSA) is 77.8 Å². The van der Waals surface area contributed by atoms with Gasteiger partial charge in [-0.05, 0) is 24.6 Å². The Kier molecular flexibility index (Phi) is 4.55. The molecule has 18 heavy (non-hydrogen) atoms. The summed E-state index contributed by atoms with van der Waals surface area (Å²) in [5, 5.41) is 18.9. The number of phenolic OH excluding ortho intramolecular Hbond substituents is 1. The third-order valence-corrected chi connectivity index (χ3v) is 2.88. The molecule has 1 amide bonds. The number of carboxylic acids is 1. The molecule has 0 aromatic heterocycles. The summed E-state index contributed by atoms with van der Waals surface area (Å²) in [7, 11) is 1.39. The van der Waals surface area contributed by atoms with Crippen LogP contribution in [0.1, 0.15) is 23.7 Å². The number of carbonyl (C=O) groups excluding carboxylic acids is 1. The van der Waals surface area contributed by atoms with Crippen LogP contribution in [0.5, 0.6) is 5.75 Å². The standard InChI is InChI=1S/C12H14ClNO4/c1-3-9(12(17)18)14(2)11(16)8-5-4-7(13)6-10(8)15/h4-6,9,15H,3H2,1-2H3,(H,17,18). The van der Waals surface area contributed by atoms with Gasteiger partial charge in [0.1, 0.15) is 11.8 Å². The summed E-state index contributed by atoms with van der Waals surface area (Å²) in [6.07, 6.45) is 0.284. The lowest BCUT2D eigenvalue weighted by Gasteiger charge is -2.24. The van der Waals surface area contributed by atoms with Gasteiger partial charge >= 0.3 is 5.97 Å². The number of aromatic hydroxyl groups is 1. The lowest BCUT2D eigenvalue weighted by Crippen LogP contribution is -2.41. The fourth-order valence-electron chi connectivity index (χ4n) is 1.63. The Hall–Kier alpha value is -1.75. The summed E-state index contributed by atoms with van der Waals surface area (Å²) >= 11 is 5.66. The molecule has 0 aliphatic rings. The largest absolute Gasteiger partial charge is 0.507 e. The first-order valence-corrected chi connectivity index (χ1v) is 5.74. The molecule has 0 aliphatic carbocycles. The number of hydrogen-bond acceptors (Lipinski definition) is 3. The Bertz CT molecular complexity index is 475. The van der Waals surface area contributed by atoms with E-state index in [0.717, 1.165) is 4.90 Å². The minimum absolute atomic E-state index is 0.0293. The number of amides is 1. The van der Waals surface area contributed by atoms with Gasteiger partial charge in [0, 0.05) is 12.1 Å². The summed E-state index contributed by atoms with van der Waals surface area (Å²) in [5.74, 6) is -1.90. The number of hydrogen-bond donors (Lipinski definition) is 2. The zero-order chi connectivity index (χ0) is 13.9. The van der Waals surface area contributed by atoms with Gasteiger partial charge in [0.25, 0.3) is 5.91 Å². The van der Waals surface area contributed by atoms with Gasteiger partial charge in [-0.25, -0.2) is 4.79 Å². The Morgan fingerprint density at radius 3 is 2.50 bits per heavy atom. The molecule has 5 nitrogen and oxygen atoms in total. The average molecular weight is 272 g/mol. The zero-order valence-corrected chi connectivity index (χ0v) is 10.8. The Balaban J connectivity index is 3.02. The molecule has 1 unspecified atom stereocenters. The van der Waals surface area contributed by atoms with E-state index in [1.54, 1.807) is 6.92 Å². The maximum atomic E-state index is 12.0. The van der Waals surface area contributed by atoms with Gasteiger partial charge in [-0.15, -0.1) is 0 Å². The van der Waals surface area contributed by atoms with Gasteiger partial charge in [-0.1, -0.05) is 18.5 Å². The number of halogens is 1. The van der Waals surface area contributed by atoms with Crippen molar-refractivity contribution in [2.75, 3.05) is 7.05 Å². The van der Waals surface area contributed by atoms with Gasteiger partial charge in [0.05, 0.1) is 5.56 Å². The van der Waals surface area contributed by atoms with Crippen molar-refractivity contribution in [3.63, 3.8) is 0 Å². The molecule has 1 aromatic carbocycles. The smallest absolute Gasteiger partial charge is 0.326 e. The van der Waals surface area contributed by atoms with Crippen molar-refractivity contribution in [2.24, 2.45) is 0 Å². The van der Waals surface area contributed by atoms with Crippen LogP contribution >= 0.6 is 11.6 Å². The highest BCUT2D eigenvalue weighted by Gasteiger charge is 2.26. The van der Waals surface area contributed by atoms with Crippen molar-refractivity contribution in [1.29, 1.82) is 0 Å². The fraction of sp³-hybridized carbons (Fsp3) is 0.333. The first kappa shape index (κ1) is 14.3. The monoisotopic (exact) mass is 271 g/mol. The van der Waals surface area contributed by atoms with Crippen LogP contribution in [0.25, 0.3) is 0 Å². The van der Waals surface area contributed by atoms with Gasteiger partial charge < -0.3 is 15.1 Å². The number of phenols is 1. The van der Waals surface area contributed by atoms with Crippen molar-refractivity contribution in [2.45, 2.75) is 19.4 Å². The molecule has 1 rings (SSSR count). The Labute approximate surface area is 110 Å². The predicted molar refractivity (Wildman–Crippen MR) is 66.9 cm³/mol. The number of carboxylic acid groups (broad SMARTS) is 1. The van der Waals surface area contributed by atoms with E-state index in [4.69, 9.17) is 16.7 Å². The molecular formula is C12H14ClNO4. The van der Waals surface area contributed by atoms with Gasteiger partial charge in [0.2, 0.25) is 0 Å². The molecule has 0 heterocycles. The van der Waals surface area contributed by atoms with E-state index >= 15 is 0 Å². The lowest BCUT2D eigenvalue weighted by atomic mass is 10.1. The molecular weight excluding hydrogens is 258 g/mol. The third-order valence-electron chi connectivity index (χ3n) is 2.65. The summed E-state index contributed by atoms with van der Waals surface area (Å²) in [6, 6.07) is 3.15. The molecule has 6 heteroatoms. The number of aliphatic carboxylic acids is 1. The summed E-state index contributed by atoms with van der Waals surface area (Å²) in [6.45, 7) is 1.67. The van der Waals surface area contributed by atoms with E-state index in [0.29, 0.717) is 5.02 Å². The molecule has 98 valence electrons. The highest BCUT2D eigenvalue weighted by molar-refractivity contribution is 6.30. The van der Waals surface area contributed by atoms with Crippen LogP contribution in [0.4, 0.5) is 0 Å². The molecule has 0 fully saturated rings. The number of likely N-dealkylation sites (N-methyl/N-ethyl adjacent to an activating group) is 1. The van der Waals surface area contributed by atoms with Gasteiger partial charge in [0.15, 0.2) is 0 Å². The van der Waals surface area contributed by atoms with Crippen molar-refractivity contribution in [1.82, 2.24) is 4.90 Å². The Morgan fingerprint density at radius 2 is 2.06 bits per heavy atom. The number of benzene rings is 1. The zero-order valence-electron chi connectivity index (χ0n) is 10.1. The molecule has 0 bridgehead atoms. The van der Waals surface area contributed by atoms with Gasteiger partial charge in [-0.3, -0.25) is 4.79 Å². The summed E-state index contributed by atoms with van der Waals surface area (Å²) in [5.41, 5.74) is 0.0293. The molecule has 0 radical (unpaired) electrons. The third kappa shape index (κ3) is 2.92. The van der Waals surface area contributed by atoms with Crippen LogP contribution in [0.3, 0.4) is 0 Å². The molecule has 0 aliphatic heterocycles. The van der Waals surface area contributed by atoms with E-state index in [-0.39, 0.29) is 17.7 Å². The van der Waals surface area contributed by atoms with E-state index in [1.807, 2.05) is 0 Å². The highest BCUT2D eigenvalue weighted by Crippen LogP contribution is 2.23. The number of nitrogens with zero attached hydrogens (tertiary/aromatic N) is 1. The second-order valence-electron chi connectivity index (χ2n) is 3.84. The van der Waals surface area contributed by atoms with Crippen molar-refractivity contribution in [3.05, 3.63) is 28.8 Å². The second-order valence-corrected chi connectivity index (χ2v) is 4.28. The Morgan fingerprint density at radius 1 is 1.44 bits per heavy atom. The van der Waals surface area contributed by atoms with E-state index in [1.165, 1.54) is 25.2 Å². The average Bonchev–Trinajstić information content (AvgIpc) is 2.28. The second kappa shape index (κ2) is 5.73. The molecule has 2 N–H and O–H groups in total. The molecule has 0 saturated heterocycles. The van der Waals surface area contributed by atoms with Crippen molar-refractivity contribution >= 4 is 23.5 Å². The SMILES string of the molecule is CCC(C(=O)O)N(C)C(=O)c1ccc(Cl)cc1O. The van der Waals surface area contributed by atoms with E-state index < -0.39 is 17.9 Å². The quantitative estimate of drug-likeness (QED) is 0.878. The van der Waals surface area contributed by atoms with Crippen LogP contribution in [0, 0.1) is 0 Å². The van der Waals surface area contributed by atoms with E-state index in [9.17, 15) is 14.7 Å². The normalized spacial score (nSPS) is 11.9. The van der Waals surface area contributed by atoms with Crippen molar-refractivity contribution < 1.29 is 19.8 Å². The van der Waals surface area contributed by atoms with E-state index in [2.05, 4.69) is 0 Å². The maximum Gasteiger partial charge on any atom is 0.326 e. The number of carbonyl (C=O) groups is 2. The minimum atomic E-state index is -1.08. The highest BCUT2D eigenvalue weighted by atomic mass is 35.5. The maximum absolute atomic E-state index is 12.0. The van der Waals surface area contributed by atoms with Crippen LogP contribution in [-0.2, 0) is 4.79 Å². The lowest BCUT2D eigenvalue weighted by molar-refractivity contribution is -0.142. The van der Waals surface area contributed by atoms with Crippen LogP contribution in [-0.4, -0.2) is 40.1 Å². The minimum Gasteiger partial charge on any atom is -0.507 e. The van der Waals surface area contributed by atoms with Crippen LogP contribution in [0.2, 0.25) is 5.02 Å². The first-order valence-electron chi connectivity index (χ1n) is 5.37. The van der Waals surface area contributed by atoms with Crippen LogP contribution in [0.15, 0.2) is 18.2 Å². The molecule has 0 saturated carbocycles. The van der Waals surface area contributed by atoms with Gasteiger partial charge in [-0.2, -0.15) is 0 Å². The number of rotatable bonds is 4. The summed E-state index contributed by atoms with van der Waals surface area (Å²) < 4.78 is 0. The first-order chi connectivity index (χ1) is 8.38. The predicted octanol–water partition coefficient (Wildman–Crippen LogP) is 1.98. The molecule has 0 spiro atoms. The van der Waals surface area contributed by atoms with Crippen LogP contribution < -0.4 is 0 Å². The van der Waals surface area contributed by atoms with Crippen molar-refractivity contribution in [3.8, 4) is 5.75 Å². The summed E-state index contributed by atoms with van der Waals surface area (Å²) in [4.78, 5) is 24.1.